The smallest absolute Gasteiger partial charge is 0.119 e. The molecule has 0 N–H and O–H groups in total. The summed E-state index contributed by atoms with van der Waals surface area (Å²) in [6, 6.07) is 26.5. The maximum absolute atomic E-state index is 5.40. The van der Waals surface area contributed by atoms with Crippen LogP contribution in [0.25, 0.3) is 10.8 Å². The lowest BCUT2D eigenvalue weighted by molar-refractivity contribution is 0.263. The fourth-order valence-electron chi connectivity index (χ4n) is 2.50. The first-order chi connectivity index (χ1) is 21.6. The van der Waals surface area contributed by atoms with E-state index in [1.807, 2.05) is 83.6 Å². The number of epoxide rings is 1. The summed E-state index contributed by atoms with van der Waals surface area (Å²) in [6.07, 6.45) is 11.9. The number of rotatable bonds is 8. The molecule has 44 heavy (non-hydrogen) atoms. The van der Waals surface area contributed by atoms with Gasteiger partial charge in [0, 0.05) is 0 Å². The number of benzene rings is 3. The van der Waals surface area contributed by atoms with Crippen LogP contribution in [0.1, 0.15) is 135 Å². The predicted molar refractivity (Wildman–Crippen MR) is 210 cm³/mol. The van der Waals surface area contributed by atoms with Gasteiger partial charge in [0.25, 0.3) is 0 Å². The quantitative estimate of drug-likeness (QED) is 0.182. The molecule has 4 rings (SSSR count). The van der Waals surface area contributed by atoms with Crippen LogP contribution in [0.4, 0.5) is 0 Å². The van der Waals surface area contributed by atoms with Crippen LogP contribution in [0.15, 0.2) is 78.9 Å². The van der Waals surface area contributed by atoms with Gasteiger partial charge in [0.15, 0.2) is 0 Å². The number of thioether (sulfide) groups is 1. The Labute approximate surface area is 282 Å². The summed E-state index contributed by atoms with van der Waals surface area (Å²) in [7, 11) is 0. The Morgan fingerprint density at radius 1 is 0.591 bits per heavy atom. The monoisotopic (exact) mass is 633 g/mol. The van der Waals surface area contributed by atoms with Gasteiger partial charge in [-0.05, 0) is 34.9 Å². The van der Waals surface area contributed by atoms with E-state index in [9.17, 15) is 0 Å². The van der Waals surface area contributed by atoms with Crippen LogP contribution in [-0.4, -0.2) is 31.3 Å². The number of hydrogen-bond donors (Lipinski definition) is 0. The minimum Gasteiger partial charge on any atom is -0.491 e. The highest BCUT2D eigenvalue weighted by atomic mass is 32.2. The zero-order chi connectivity index (χ0) is 34.7. The molecule has 1 saturated heterocycles. The second kappa shape index (κ2) is 50.6. The maximum Gasteiger partial charge on any atom is 0.119 e. The summed E-state index contributed by atoms with van der Waals surface area (Å²) in [4.78, 5) is 0. The van der Waals surface area contributed by atoms with E-state index in [2.05, 4.69) is 103 Å². The molecular weight excluding hydrogens is 557 g/mol. The largest absolute Gasteiger partial charge is 0.491 e. The van der Waals surface area contributed by atoms with Gasteiger partial charge < -0.3 is 9.47 Å². The SMILES string of the molecule is CC.CC.CC.CCC.CCCC.CCCCCC.CCSC.c1ccc(OCC2CO2)cc1.c1ccc2ccccc2c1. The Balaban J connectivity index is -0.000000142. The van der Waals surface area contributed by atoms with E-state index < -0.39 is 0 Å². The van der Waals surface area contributed by atoms with E-state index in [0.29, 0.717) is 12.7 Å². The minimum atomic E-state index is 0.343. The highest BCUT2D eigenvalue weighted by Gasteiger charge is 2.22. The second-order valence-corrected chi connectivity index (χ2v) is 10.1. The lowest BCUT2D eigenvalue weighted by atomic mass is 10.1. The van der Waals surface area contributed by atoms with Crippen molar-refractivity contribution in [1.29, 1.82) is 0 Å². The van der Waals surface area contributed by atoms with E-state index in [0.717, 1.165) is 12.4 Å². The first kappa shape index (κ1) is 51.6. The van der Waals surface area contributed by atoms with Crippen LogP contribution < -0.4 is 4.74 Å². The first-order valence-electron chi connectivity index (χ1n) is 17.8. The highest BCUT2D eigenvalue weighted by Crippen LogP contribution is 2.13. The second-order valence-electron chi connectivity index (χ2n) is 8.92. The van der Waals surface area contributed by atoms with Crippen molar-refractivity contribution >= 4 is 22.5 Å². The Morgan fingerprint density at radius 2 is 0.909 bits per heavy atom. The van der Waals surface area contributed by atoms with Crippen LogP contribution in [0, 0.1) is 0 Å². The summed E-state index contributed by atoms with van der Waals surface area (Å²) < 4.78 is 10.4. The van der Waals surface area contributed by atoms with Crippen LogP contribution in [0.3, 0.4) is 0 Å². The fraction of sp³-hybridized carbons (Fsp3) is 0.610. The van der Waals surface area contributed by atoms with Crippen LogP contribution >= 0.6 is 11.8 Å². The van der Waals surface area contributed by atoms with Gasteiger partial charge in [-0.1, -0.05) is 202 Å². The molecule has 3 aromatic carbocycles. The van der Waals surface area contributed by atoms with Crippen molar-refractivity contribution < 1.29 is 9.47 Å². The van der Waals surface area contributed by atoms with Crippen molar-refractivity contribution in [2.75, 3.05) is 25.2 Å². The van der Waals surface area contributed by atoms with Crippen molar-refractivity contribution in [3.63, 3.8) is 0 Å². The molecule has 1 atom stereocenters. The van der Waals surface area contributed by atoms with Crippen LogP contribution in [0.2, 0.25) is 0 Å². The normalized spacial score (nSPS) is 11.0. The van der Waals surface area contributed by atoms with Gasteiger partial charge in [-0.3, -0.25) is 0 Å². The molecule has 0 aromatic heterocycles. The molecule has 0 spiro atoms. The van der Waals surface area contributed by atoms with Gasteiger partial charge in [0.2, 0.25) is 0 Å². The van der Waals surface area contributed by atoms with Gasteiger partial charge in [-0.25, -0.2) is 0 Å². The Kier molecular flexibility index (Phi) is 59.4. The molecule has 1 fully saturated rings. The average Bonchev–Trinajstić information content (AvgIpc) is 3.95. The van der Waals surface area contributed by atoms with Gasteiger partial charge in [0.05, 0.1) is 6.61 Å². The molecule has 1 aliphatic heterocycles. The third kappa shape index (κ3) is 44.5. The number of fused-ring (bicyclic) bond motifs is 1. The topological polar surface area (TPSA) is 21.8 Å². The first-order valence-corrected chi connectivity index (χ1v) is 19.2. The Hall–Kier alpha value is -1.97. The van der Waals surface area contributed by atoms with Crippen molar-refractivity contribution in [2.45, 2.75) is 141 Å². The molecule has 3 aromatic rings. The van der Waals surface area contributed by atoms with Crippen molar-refractivity contribution in [3.8, 4) is 5.75 Å². The molecule has 0 saturated carbocycles. The third-order valence-corrected chi connectivity index (χ3v) is 5.56. The molecule has 0 bridgehead atoms. The number of hydrogen-bond acceptors (Lipinski definition) is 3. The lowest BCUT2D eigenvalue weighted by Crippen LogP contribution is -2.03. The third-order valence-electron chi connectivity index (χ3n) is 4.99. The molecule has 3 heteroatoms. The Bertz CT molecular complexity index is 741. The zero-order valence-corrected chi connectivity index (χ0v) is 32.7. The van der Waals surface area contributed by atoms with Crippen molar-refractivity contribution in [1.82, 2.24) is 0 Å². The van der Waals surface area contributed by atoms with Crippen LogP contribution in [0.5, 0.6) is 5.75 Å². The highest BCUT2D eigenvalue weighted by molar-refractivity contribution is 7.98. The molecule has 1 heterocycles. The van der Waals surface area contributed by atoms with E-state index in [4.69, 9.17) is 9.47 Å². The number of para-hydroxylation sites is 1. The van der Waals surface area contributed by atoms with E-state index >= 15 is 0 Å². The van der Waals surface area contributed by atoms with Gasteiger partial charge in [0.1, 0.15) is 18.5 Å². The summed E-state index contributed by atoms with van der Waals surface area (Å²) in [6.45, 7) is 28.8. The summed E-state index contributed by atoms with van der Waals surface area (Å²) in [5.74, 6) is 2.16. The number of ether oxygens (including phenoxy) is 2. The summed E-state index contributed by atoms with van der Waals surface area (Å²) in [5, 5.41) is 2.62. The molecular formula is C41H76O2S. The zero-order valence-electron chi connectivity index (χ0n) is 31.9. The van der Waals surface area contributed by atoms with Crippen molar-refractivity contribution in [3.05, 3.63) is 78.9 Å². The predicted octanol–water partition coefficient (Wildman–Crippen LogP) is 14.6. The van der Waals surface area contributed by atoms with Gasteiger partial charge in [-0.15, -0.1) is 0 Å². The molecule has 258 valence electrons. The minimum absolute atomic E-state index is 0.343. The van der Waals surface area contributed by atoms with Gasteiger partial charge in [-0.2, -0.15) is 11.8 Å². The summed E-state index contributed by atoms with van der Waals surface area (Å²) >= 11 is 1.86. The average molecular weight is 633 g/mol. The van der Waals surface area contributed by atoms with Crippen LogP contribution in [-0.2, 0) is 4.74 Å². The fourth-order valence-corrected chi connectivity index (χ4v) is 2.50. The van der Waals surface area contributed by atoms with Gasteiger partial charge >= 0.3 is 0 Å². The van der Waals surface area contributed by atoms with Crippen molar-refractivity contribution in [2.24, 2.45) is 0 Å². The maximum atomic E-state index is 5.40. The molecule has 1 unspecified atom stereocenters. The summed E-state index contributed by atoms with van der Waals surface area (Å²) in [5.41, 5.74) is 0. The van der Waals surface area contributed by atoms with E-state index in [-0.39, 0.29) is 0 Å². The number of unbranched alkanes of at least 4 members (excludes halogenated alkanes) is 4. The molecule has 1 aliphatic rings. The molecule has 0 amide bonds. The molecule has 0 aliphatic carbocycles. The molecule has 0 radical (unpaired) electrons. The lowest BCUT2D eigenvalue weighted by Gasteiger charge is -2.01. The van der Waals surface area contributed by atoms with E-state index in [1.54, 1.807) is 0 Å². The standard InChI is InChI=1S/C10H8.C9H10O2.C6H14.C4H10.C3H8S.C3H8.3C2H6/c1-2-6-10-8-4-3-7-9(10)5-1;1-2-4-8(5-3-1)10-6-9-7-11-9;1-3-5-6-4-2;2*1-3-4-2;1-3-2;3*1-2/h1-8H;1-5,9H,6-7H2;3-6H2,1-2H3;3-4H2,1-2H3;3H2,1-2H3;3H2,1-2H3;3*1-2H3. The van der Waals surface area contributed by atoms with E-state index in [1.165, 1.54) is 61.5 Å². The Morgan fingerprint density at radius 3 is 1.16 bits per heavy atom. The molecule has 2 nitrogen and oxygen atoms in total.